The van der Waals surface area contributed by atoms with E-state index in [2.05, 4.69) is 17.5 Å². The molecule has 1 aromatic carbocycles. The molecule has 5 nitrogen and oxygen atoms in total. The Morgan fingerprint density at radius 3 is 2.55 bits per heavy atom. The van der Waals surface area contributed by atoms with E-state index >= 15 is 0 Å². The number of hydrogen-bond donors (Lipinski definition) is 1. The van der Waals surface area contributed by atoms with Crippen LogP contribution in [-0.4, -0.2) is 37.4 Å². The number of nitrogens with zero attached hydrogens (tertiary/aromatic N) is 1. The predicted molar refractivity (Wildman–Crippen MR) is 85.7 cm³/mol. The number of allylic oxidation sites excluding steroid dienone is 2. The minimum atomic E-state index is -0.0947. The fourth-order valence-electron chi connectivity index (χ4n) is 2.18. The summed E-state index contributed by atoms with van der Waals surface area (Å²) in [6.07, 6.45) is 6.85. The van der Waals surface area contributed by atoms with Gasteiger partial charge in [-0.3, -0.25) is 9.59 Å². The fourth-order valence-corrected chi connectivity index (χ4v) is 2.18. The zero-order chi connectivity index (χ0) is 15.9. The van der Waals surface area contributed by atoms with Crippen LogP contribution in [0.5, 0.6) is 5.75 Å². The Labute approximate surface area is 130 Å². The lowest BCUT2D eigenvalue weighted by atomic mass is 9.93. The zero-order valence-corrected chi connectivity index (χ0v) is 13.0. The molecule has 2 amide bonds. The standard InChI is InChI=1S/C17H22N2O3/c1-19(2)16(20)12-22-15-10-8-14(9-11-15)18-17(21)13-6-4-3-5-7-13/h3-4,8-11,13H,5-7,12H2,1-2H3,(H,18,21). The number of carbonyl (C=O) groups is 2. The van der Waals surface area contributed by atoms with Crippen LogP contribution in [0.3, 0.4) is 0 Å². The van der Waals surface area contributed by atoms with Crippen LogP contribution in [0.25, 0.3) is 0 Å². The molecule has 0 aromatic heterocycles. The Morgan fingerprint density at radius 2 is 1.95 bits per heavy atom. The van der Waals surface area contributed by atoms with Gasteiger partial charge < -0.3 is 15.0 Å². The van der Waals surface area contributed by atoms with Crippen molar-refractivity contribution in [2.75, 3.05) is 26.0 Å². The minimum Gasteiger partial charge on any atom is -0.484 e. The van der Waals surface area contributed by atoms with Crippen LogP contribution in [0, 0.1) is 5.92 Å². The average molecular weight is 302 g/mol. The van der Waals surface area contributed by atoms with Crippen molar-refractivity contribution in [1.29, 1.82) is 0 Å². The molecular formula is C17H22N2O3. The van der Waals surface area contributed by atoms with Gasteiger partial charge in [0.1, 0.15) is 5.75 Å². The summed E-state index contributed by atoms with van der Waals surface area (Å²) in [6.45, 7) is 0.00706. The van der Waals surface area contributed by atoms with E-state index < -0.39 is 0 Å². The van der Waals surface area contributed by atoms with E-state index in [9.17, 15) is 9.59 Å². The van der Waals surface area contributed by atoms with Crippen molar-refractivity contribution in [3.63, 3.8) is 0 Å². The van der Waals surface area contributed by atoms with Gasteiger partial charge in [0.2, 0.25) is 5.91 Å². The first-order valence-electron chi connectivity index (χ1n) is 7.45. The summed E-state index contributed by atoms with van der Waals surface area (Å²) in [6, 6.07) is 7.07. The van der Waals surface area contributed by atoms with Gasteiger partial charge in [0.15, 0.2) is 6.61 Å². The van der Waals surface area contributed by atoms with Crippen LogP contribution in [0.15, 0.2) is 36.4 Å². The number of hydrogen-bond acceptors (Lipinski definition) is 3. The van der Waals surface area contributed by atoms with Crippen molar-refractivity contribution >= 4 is 17.5 Å². The van der Waals surface area contributed by atoms with Gasteiger partial charge in [-0.2, -0.15) is 0 Å². The molecule has 22 heavy (non-hydrogen) atoms. The Bertz CT molecular complexity index is 550. The maximum Gasteiger partial charge on any atom is 0.259 e. The van der Waals surface area contributed by atoms with Crippen molar-refractivity contribution in [3.05, 3.63) is 36.4 Å². The van der Waals surface area contributed by atoms with Crippen molar-refractivity contribution in [1.82, 2.24) is 4.90 Å². The van der Waals surface area contributed by atoms with Gasteiger partial charge in [-0.25, -0.2) is 0 Å². The number of carbonyl (C=O) groups excluding carboxylic acids is 2. The lowest BCUT2D eigenvalue weighted by Gasteiger charge is -2.17. The maximum absolute atomic E-state index is 12.1. The van der Waals surface area contributed by atoms with Crippen LogP contribution in [0.1, 0.15) is 19.3 Å². The van der Waals surface area contributed by atoms with Gasteiger partial charge in [-0.1, -0.05) is 12.2 Å². The Kier molecular flexibility index (Phi) is 5.58. The van der Waals surface area contributed by atoms with Gasteiger partial charge in [0.05, 0.1) is 0 Å². The number of ether oxygens (including phenoxy) is 1. The van der Waals surface area contributed by atoms with Crippen LogP contribution in [0.2, 0.25) is 0 Å². The first-order chi connectivity index (χ1) is 10.6. The van der Waals surface area contributed by atoms with Crippen LogP contribution in [-0.2, 0) is 9.59 Å². The molecule has 2 rings (SSSR count). The van der Waals surface area contributed by atoms with Crippen LogP contribution < -0.4 is 10.1 Å². The van der Waals surface area contributed by atoms with Gasteiger partial charge in [-0.05, 0) is 43.5 Å². The summed E-state index contributed by atoms with van der Waals surface area (Å²) in [5.41, 5.74) is 0.742. The Morgan fingerprint density at radius 1 is 1.23 bits per heavy atom. The minimum absolute atomic E-state index is 0.00706. The van der Waals surface area contributed by atoms with Crippen molar-refractivity contribution in [2.24, 2.45) is 5.92 Å². The summed E-state index contributed by atoms with van der Waals surface area (Å²) in [7, 11) is 3.37. The van der Waals surface area contributed by atoms with E-state index in [1.807, 2.05) is 0 Å². The molecule has 0 saturated carbocycles. The van der Waals surface area contributed by atoms with E-state index in [0.717, 1.165) is 24.9 Å². The quantitative estimate of drug-likeness (QED) is 0.850. The highest BCUT2D eigenvalue weighted by Crippen LogP contribution is 2.21. The summed E-state index contributed by atoms with van der Waals surface area (Å²) in [5, 5.41) is 2.92. The van der Waals surface area contributed by atoms with E-state index in [4.69, 9.17) is 4.74 Å². The second-order valence-corrected chi connectivity index (χ2v) is 5.57. The SMILES string of the molecule is CN(C)C(=O)COc1ccc(NC(=O)C2CC=CCC2)cc1. The number of likely N-dealkylation sites (N-methyl/N-ethyl adjacent to an activating group) is 1. The molecule has 1 atom stereocenters. The number of anilines is 1. The number of benzene rings is 1. The van der Waals surface area contributed by atoms with Crippen molar-refractivity contribution < 1.29 is 14.3 Å². The summed E-state index contributed by atoms with van der Waals surface area (Å²) in [4.78, 5) is 25.0. The molecule has 0 heterocycles. The first kappa shape index (κ1) is 16.1. The highest BCUT2D eigenvalue weighted by atomic mass is 16.5. The van der Waals surface area contributed by atoms with Crippen LogP contribution >= 0.6 is 0 Å². The molecule has 1 aromatic rings. The lowest BCUT2D eigenvalue weighted by molar-refractivity contribution is -0.130. The monoisotopic (exact) mass is 302 g/mol. The molecule has 0 fully saturated rings. The molecule has 0 saturated heterocycles. The largest absolute Gasteiger partial charge is 0.484 e. The van der Waals surface area contributed by atoms with E-state index in [1.54, 1.807) is 38.4 Å². The molecule has 1 unspecified atom stereocenters. The normalized spacial score (nSPS) is 16.9. The Hall–Kier alpha value is -2.30. The van der Waals surface area contributed by atoms with Gasteiger partial charge in [-0.15, -0.1) is 0 Å². The molecule has 1 aliphatic rings. The van der Waals surface area contributed by atoms with Crippen molar-refractivity contribution in [2.45, 2.75) is 19.3 Å². The summed E-state index contributed by atoms with van der Waals surface area (Å²) in [5.74, 6) is 0.621. The van der Waals surface area contributed by atoms with Gasteiger partial charge >= 0.3 is 0 Å². The number of rotatable bonds is 5. The molecule has 1 N–H and O–H groups in total. The van der Waals surface area contributed by atoms with Gasteiger partial charge in [0, 0.05) is 25.7 Å². The molecule has 0 bridgehead atoms. The van der Waals surface area contributed by atoms with E-state index in [1.165, 1.54) is 4.90 Å². The molecular weight excluding hydrogens is 280 g/mol. The number of nitrogens with one attached hydrogen (secondary N) is 1. The number of amides is 2. The molecule has 0 radical (unpaired) electrons. The topological polar surface area (TPSA) is 58.6 Å². The fraction of sp³-hybridized carbons (Fsp3) is 0.412. The lowest BCUT2D eigenvalue weighted by Crippen LogP contribution is -2.27. The zero-order valence-electron chi connectivity index (χ0n) is 13.0. The molecule has 0 spiro atoms. The molecule has 0 aliphatic heterocycles. The molecule has 1 aliphatic carbocycles. The van der Waals surface area contributed by atoms with Crippen molar-refractivity contribution in [3.8, 4) is 5.75 Å². The highest BCUT2D eigenvalue weighted by molar-refractivity contribution is 5.92. The maximum atomic E-state index is 12.1. The smallest absolute Gasteiger partial charge is 0.259 e. The van der Waals surface area contributed by atoms with E-state index in [0.29, 0.717) is 5.75 Å². The van der Waals surface area contributed by atoms with Crippen LogP contribution in [0.4, 0.5) is 5.69 Å². The second-order valence-electron chi connectivity index (χ2n) is 5.57. The average Bonchev–Trinajstić information content (AvgIpc) is 2.54. The van der Waals surface area contributed by atoms with Gasteiger partial charge in [0.25, 0.3) is 5.91 Å². The Balaban J connectivity index is 1.85. The third-order valence-electron chi connectivity index (χ3n) is 3.62. The van der Waals surface area contributed by atoms with E-state index in [-0.39, 0.29) is 24.3 Å². The first-order valence-corrected chi connectivity index (χ1v) is 7.45. The summed E-state index contributed by atoms with van der Waals surface area (Å²) < 4.78 is 5.39. The summed E-state index contributed by atoms with van der Waals surface area (Å²) >= 11 is 0. The molecule has 118 valence electrons. The predicted octanol–water partition coefficient (Wildman–Crippen LogP) is 2.45. The molecule has 5 heteroatoms. The second kappa shape index (κ2) is 7.64. The highest BCUT2D eigenvalue weighted by Gasteiger charge is 2.18. The third-order valence-corrected chi connectivity index (χ3v) is 3.62. The third kappa shape index (κ3) is 4.62.